The van der Waals surface area contributed by atoms with Crippen LogP contribution in [0.15, 0.2) is 0 Å². The summed E-state index contributed by atoms with van der Waals surface area (Å²) >= 11 is 0. The van der Waals surface area contributed by atoms with Crippen molar-refractivity contribution in [1.29, 1.82) is 0 Å². The molecule has 0 aromatic carbocycles. The Morgan fingerprint density at radius 3 is 2.18 bits per heavy atom. The first-order chi connectivity index (χ1) is 5.02. The molecule has 0 fully saturated rings. The Morgan fingerprint density at radius 1 is 1.36 bits per heavy atom. The standard InChI is InChI=1S/C8H20N2O/c1-6-7-10(9-11-5)8(2,3)4/h9H,6-7H2,1-5H3/p+1. The van der Waals surface area contributed by atoms with E-state index in [-0.39, 0.29) is 5.54 Å². The lowest BCUT2D eigenvalue weighted by atomic mass is 10.1. The second kappa shape index (κ2) is 4.70. The van der Waals surface area contributed by atoms with Gasteiger partial charge in [0, 0.05) is 0 Å². The van der Waals surface area contributed by atoms with Gasteiger partial charge in [-0.05, 0) is 27.2 Å². The number of hydrogen-bond donors (Lipinski definition) is 1. The highest BCUT2D eigenvalue weighted by atomic mass is 16.7. The van der Waals surface area contributed by atoms with Crippen LogP contribution < -0.4 is 5.59 Å². The molecule has 0 aromatic rings. The first-order valence-corrected chi connectivity index (χ1v) is 4.15. The lowest BCUT2D eigenvalue weighted by molar-refractivity contribution is -1.00. The summed E-state index contributed by atoms with van der Waals surface area (Å²) in [6.45, 7) is 9.76. The topological polar surface area (TPSA) is 29.1 Å². The molecule has 0 aromatic heterocycles. The van der Waals surface area contributed by atoms with E-state index in [0.717, 1.165) is 13.0 Å². The van der Waals surface area contributed by atoms with E-state index in [1.807, 2.05) is 0 Å². The monoisotopic (exact) mass is 161 g/mol. The minimum atomic E-state index is 0.173. The van der Waals surface area contributed by atoms with Crippen LogP contribution in [0, 0.1) is 0 Å². The molecule has 0 heterocycles. The predicted octanol–water partition coefficient (Wildman–Crippen LogP) is 0.537. The van der Waals surface area contributed by atoms with Gasteiger partial charge < -0.3 is 0 Å². The molecule has 3 nitrogen and oxygen atoms in total. The SMILES string of the molecule is CCCN([NH2+]OC)C(C)(C)C. The van der Waals surface area contributed by atoms with E-state index in [1.54, 1.807) is 12.7 Å². The fourth-order valence-corrected chi connectivity index (χ4v) is 0.914. The van der Waals surface area contributed by atoms with Crippen molar-refractivity contribution in [2.45, 2.75) is 39.7 Å². The molecule has 2 N–H and O–H groups in total. The van der Waals surface area contributed by atoms with Gasteiger partial charge in [-0.2, -0.15) is 4.84 Å². The van der Waals surface area contributed by atoms with Crippen LogP contribution in [0.4, 0.5) is 0 Å². The number of rotatable bonds is 4. The van der Waals surface area contributed by atoms with Gasteiger partial charge >= 0.3 is 0 Å². The quantitative estimate of drug-likeness (QED) is 0.481. The lowest BCUT2D eigenvalue weighted by Crippen LogP contribution is -2.95. The maximum Gasteiger partial charge on any atom is 0.0977 e. The zero-order chi connectivity index (χ0) is 8.91. The molecule has 0 saturated heterocycles. The number of nitrogens with zero attached hydrogens (tertiary/aromatic N) is 1. The molecule has 68 valence electrons. The molecule has 0 amide bonds. The molecule has 0 unspecified atom stereocenters. The number of nitrogens with two attached hydrogens (primary N) is 1. The van der Waals surface area contributed by atoms with Crippen LogP contribution in [0.2, 0.25) is 0 Å². The molecule has 0 saturated carbocycles. The van der Waals surface area contributed by atoms with Gasteiger partial charge in [0.15, 0.2) is 0 Å². The zero-order valence-electron chi connectivity index (χ0n) is 8.35. The summed E-state index contributed by atoms with van der Waals surface area (Å²) in [5.41, 5.74) is 1.97. The van der Waals surface area contributed by atoms with E-state index >= 15 is 0 Å². The Hall–Kier alpha value is -0.120. The van der Waals surface area contributed by atoms with Crippen molar-refractivity contribution >= 4 is 0 Å². The third-order valence-electron chi connectivity index (χ3n) is 1.56. The van der Waals surface area contributed by atoms with Crippen LogP contribution in [-0.2, 0) is 4.84 Å². The smallest absolute Gasteiger partial charge is 0.0977 e. The van der Waals surface area contributed by atoms with Gasteiger partial charge in [0.2, 0.25) is 0 Å². The average Bonchev–Trinajstić information content (AvgIpc) is 1.85. The molecule has 3 heteroatoms. The molecule has 0 aliphatic carbocycles. The van der Waals surface area contributed by atoms with Gasteiger partial charge in [0.25, 0.3) is 0 Å². The van der Waals surface area contributed by atoms with E-state index in [2.05, 4.69) is 32.7 Å². The summed E-state index contributed by atoms with van der Waals surface area (Å²) in [4.78, 5) is 4.98. The van der Waals surface area contributed by atoms with Crippen molar-refractivity contribution in [2.75, 3.05) is 13.7 Å². The van der Waals surface area contributed by atoms with Crippen molar-refractivity contribution in [2.24, 2.45) is 0 Å². The number of hydrogen-bond acceptors (Lipinski definition) is 2. The second-order valence-electron chi connectivity index (χ2n) is 3.71. The Morgan fingerprint density at radius 2 is 1.91 bits per heavy atom. The molecule has 0 aliphatic rings. The summed E-state index contributed by atoms with van der Waals surface area (Å²) in [7, 11) is 1.69. The van der Waals surface area contributed by atoms with Gasteiger partial charge in [-0.15, -0.1) is 10.6 Å². The van der Waals surface area contributed by atoms with Crippen LogP contribution in [0.25, 0.3) is 0 Å². The van der Waals surface area contributed by atoms with Crippen molar-refractivity contribution in [3.05, 3.63) is 0 Å². The fourth-order valence-electron chi connectivity index (χ4n) is 0.914. The highest BCUT2D eigenvalue weighted by molar-refractivity contribution is 4.67. The largest absolute Gasteiger partial charge is 0.189 e. The molecule has 0 spiro atoms. The molecule has 0 aliphatic heterocycles. The third kappa shape index (κ3) is 4.35. The average molecular weight is 161 g/mol. The van der Waals surface area contributed by atoms with E-state index < -0.39 is 0 Å². The van der Waals surface area contributed by atoms with Crippen molar-refractivity contribution in [3.8, 4) is 0 Å². The van der Waals surface area contributed by atoms with Gasteiger partial charge in [0.05, 0.1) is 19.2 Å². The van der Waals surface area contributed by atoms with Crippen LogP contribution in [-0.4, -0.2) is 24.2 Å². The van der Waals surface area contributed by atoms with E-state index in [1.165, 1.54) is 0 Å². The Kier molecular flexibility index (Phi) is 4.65. The summed E-state index contributed by atoms with van der Waals surface area (Å²) in [6, 6.07) is 0. The predicted molar refractivity (Wildman–Crippen MR) is 45.7 cm³/mol. The van der Waals surface area contributed by atoms with Crippen molar-refractivity contribution < 1.29 is 10.4 Å². The lowest BCUT2D eigenvalue weighted by Gasteiger charge is -2.29. The summed E-state index contributed by atoms with van der Waals surface area (Å²) in [6.07, 6.45) is 1.15. The molecule has 0 bridgehead atoms. The van der Waals surface area contributed by atoms with Gasteiger partial charge in [-0.3, -0.25) is 0 Å². The minimum Gasteiger partial charge on any atom is -0.189 e. The maximum atomic E-state index is 4.98. The Labute approximate surface area is 69.6 Å². The molecule has 11 heavy (non-hydrogen) atoms. The molecular formula is C8H21N2O+. The van der Waals surface area contributed by atoms with Crippen LogP contribution >= 0.6 is 0 Å². The normalized spacial score (nSPS) is 12.5. The third-order valence-corrected chi connectivity index (χ3v) is 1.56. The van der Waals surface area contributed by atoms with Gasteiger partial charge in [-0.25, -0.2) is 0 Å². The molecule has 0 atom stereocenters. The van der Waals surface area contributed by atoms with Crippen molar-refractivity contribution in [3.63, 3.8) is 0 Å². The Bertz CT molecular complexity index is 92.8. The van der Waals surface area contributed by atoms with Crippen molar-refractivity contribution in [1.82, 2.24) is 5.01 Å². The van der Waals surface area contributed by atoms with Crippen LogP contribution in [0.1, 0.15) is 34.1 Å². The molecular weight excluding hydrogens is 140 g/mol. The maximum absolute atomic E-state index is 4.98. The van der Waals surface area contributed by atoms with Crippen LogP contribution in [0.3, 0.4) is 0 Å². The Balaban J connectivity index is 3.88. The fraction of sp³-hybridized carbons (Fsp3) is 1.00. The zero-order valence-corrected chi connectivity index (χ0v) is 8.35. The summed E-state index contributed by atoms with van der Waals surface area (Å²) in [5.74, 6) is 0. The first-order valence-electron chi connectivity index (χ1n) is 4.15. The minimum absolute atomic E-state index is 0.173. The molecule has 0 radical (unpaired) electrons. The summed E-state index contributed by atoms with van der Waals surface area (Å²) in [5, 5.41) is 2.20. The van der Waals surface area contributed by atoms with E-state index in [4.69, 9.17) is 4.84 Å². The summed E-state index contributed by atoms with van der Waals surface area (Å²) < 4.78 is 0. The van der Waals surface area contributed by atoms with Gasteiger partial charge in [-0.1, -0.05) is 6.92 Å². The number of quaternary nitrogens is 1. The van der Waals surface area contributed by atoms with E-state index in [0.29, 0.717) is 0 Å². The molecule has 0 rings (SSSR count). The highest BCUT2D eigenvalue weighted by Gasteiger charge is 2.23. The van der Waals surface area contributed by atoms with E-state index in [9.17, 15) is 0 Å². The van der Waals surface area contributed by atoms with Gasteiger partial charge in [0.1, 0.15) is 0 Å². The highest BCUT2D eigenvalue weighted by Crippen LogP contribution is 2.06. The van der Waals surface area contributed by atoms with Crippen LogP contribution in [0.5, 0.6) is 0 Å². The first kappa shape index (κ1) is 10.9. The second-order valence-corrected chi connectivity index (χ2v) is 3.71.